The van der Waals surface area contributed by atoms with Crippen LogP contribution in [-0.2, 0) is 19.9 Å². The molecule has 5 nitrogen and oxygen atoms in total. The molecular formula is C23H27FN4O. The van der Waals surface area contributed by atoms with Crippen LogP contribution in [0.5, 0.6) is 6.01 Å². The van der Waals surface area contributed by atoms with E-state index in [-0.39, 0.29) is 5.82 Å². The van der Waals surface area contributed by atoms with E-state index >= 15 is 0 Å². The third-order valence-electron chi connectivity index (χ3n) is 5.75. The van der Waals surface area contributed by atoms with Crippen LogP contribution in [0.3, 0.4) is 0 Å². The van der Waals surface area contributed by atoms with Gasteiger partial charge in [-0.15, -0.1) is 5.10 Å². The summed E-state index contributed by atoms with van der Waals surface area (Å²) in [6, 6.07) is 16.2. The lowest BCUT2D eigenvalue weighted by Crippen LogP contribution is -2.37. The van der Waals surface area contributed by atoms with Crippen LogP contribution in [-0.4, -0.2) is 45.9 Å². The SMILES string of the molecule is CN(CCCOc1nnc(-c2ccccc2)n1C)C1CCc2cc(F)ccc2C1. The molecule has 0 N–H and O–H groups in total. The van der Waals surface area contributed by atoms with Gasteiger partial charge >= 0.3 is 6.01 Å². The van der Waals surface area contributed by atoms with E-state index in [9.17, 15) is 4.39 Å². The molecule has 1 unspecified atom stereocenters. The molecule has 2 aromatic carbocycles. The molecule has 0 saturated carbocycles. The molecule has 0 spiro atoms. The summed E-state index contributed by atoms with van der Waals surface area (Å²) in [5.41, 5.74) is 3.46. The van der Waals surface area contributed by atoms with Crippen molar-refractivity contribution in [2.45, 2.75) is 31.7 Å². The van der Waals surface area contributed by atoms with E-state index in [1.54, 1.807) is 12.1 Å². The number of aryl methyl sites for hydroxylation is 1. The number of halogens is 1. The minimum absolute atomic E-state index is 0.133. The largest absolute Gasteiger partial charge is 0.464 e. The number of likely N-dealkylation sites (N-methyl/N-ethyl adjacent to an activating group) is 1. The minimum Gasteiger partial charge on any atom is -0.464 e. The van der Waals surface area contributed by atoms with E-state index in [4.69, 9.17) is 4.74 Å². The number of benzene rings is 2. The highest BCUT2D eigenvalue weighted by atomic mass is 19.1. The summed E-state index contributed by atoms with van der Waals surface area (Å²) in [5.74, 6) is 0.668. The summed E-state index contributed by atoms with van der Waals surface area (Å²) in [6.45, 7) is 1.55. The van der Waals surface area contributed by atoms with Crippen LogP contribution < -0.4 is 4.74 Å². The molecule has 0 radical (unpaired) electrons. The maximum absolute atomic E-state index is 13.4. The van der Waals surface area contributed by atoms with E-state index in [2.05, 4.69) is 22.1 Å². The van der Waals surface area contributed by atoms with Gasteiger partial charge in [0, 0.05) is 25.2 Å². The number of nitrogens with zero attached hydrogens (tertiary/aromatic N) is 4. The van der Waals surface area contributed by atoms with E-state index in [0.717, 1.165) is 49.2 Å². The second-order valence-corrected chi connectivity index (χ2v) is 7.72. The minimum atomic E-state index is -0.133. The van der Waals surface area contributed by atoms with Crippen molar-refractivity contribution in [3.63, 3.8) is 0 Å². The van der Waals surface area contributed by atoms with Crippen molar-refractivity contribution in [2.24, 2.45) is 7.05 Å². The lowest BCUT2D eigenvalue weighted by Gasteiger charge is -2.32. The van der Waals surface area contributed by atoms with E-state index in [1.165, 1.54) is 5.56 Å². The normalized spacial score (nSPS) is 16.1. The quantitative estimate of drug-likeness (QED) is 0.571. The highest BCUT2D eigenvalue weighted by molar-refractivity contribution is 5.55. The molecule has 0 saturated heterocycles. The number of hydrogen-bond donors (Lipinski definition) is 0. The predicted molar refractivity (Wildman–Crippen MR) is 111 cm³/mol. The molecule has 1 atom stereocenters. The Balaban J connectivity index is 1.26. The fourth-order valence-corrected chi connectivity index (χ4v) is 4.02. The number of ether oxygens (including phenoxy) is 1. The Labute approximate surface area is 171 Å². The van der Waals surface area contributed by atoms with Gasteiger partial charge in [0.1, 0.15) is 5.82 Å². The Morgan fingerprint density at radius 3 is 2.79 bits per heavy atom. The Morgan fingerprint density at radius 2 is 1.97 bits per heavy atom. The first-order chi connectivity index (χ1) is 14.1. The van der Waals surface area contributed by atoms with Crippen molar-refractivity contribution < 1.29 is 9.13 Å². The summed E-state index contributed by atoms with van der Waals surface area (Å²) < 4.78 is 21.1. The Hall–Kier alpha value is -2.73. The molecule has 1 heterocycles. The standard InChI is InChI=1S/C23H27FN4O/c1-27(21-12-10-18-15-20(24)11-9-19(18)16-21)13-6-14-29-23-26-25-22(28(23)2)17-7-4-3-5-8-17/h3-5,7-9,11,15,21H,6,10,12-14,16H2,1-2H3. The third-order valence-corrected chi connectivity index (χ3v) is 5.75. The van der Waals surface area contributed by atoms with E-state index in [0.29, 0.717) is 18.7 Å². The highest BCUT2D eigenvalue weighted by Crippen LogP contribution is 2.25. The number of aromatic nitrogens is 3. The lowest BCUT2D eigenvalue weighted by molar-refractivity contribution is 0.194. The van der Waals surface area contributed by atoms with Gasteiger partial charge in [-0.2, -0.15) is 0 Å². The molecule has 3 aromatic rings. The fraction of sp³-hybridized carbons (Fsp3) is 0.391. The van der Waals surface area contributed by atoms with Gasteiger partial charge in [-0.1, -0.05) is 41.5 Å². The summed E-state index contributed by atoms with van der Waals surface area (Å²) in [6.07, 6.45) is 3.91. The van der Waals surface area contributed by atoms with Gasteiger partial charge in [0.25, 0.3) is 0 Å². The Morgan fingerprint density at radius 1 is 1.14 bits per heavy atom. The third kappa shape index (κ3) is 4.48. The average Bonchev–Trinajstić information content (AvgIpc) is 3.11. The first-order valence-electron chi connectivity index (χ1n) is 10.2. The first-order valence-corrected chi connectivity index (χ1v) is 10.2. The molecule has 1 aliphatic rings. The molecule has 29 heavy (non-hydrogen) atoms. The summed E-state index contributed by atoms with van der Waals surface area (Å²) in [5, 5.41) is 8.43. The maximum atomic E-state index is 13.4. The van der Waals surface area contributed by atoms with Crippen LogP contribution in [0.4, 0.5) is 4.39 Å². The van der Waals surface area contributed by atoms with Crippen molar-refractivity contribution >= 4 is 0 Å². The number of rotatable bonds is 7. The predicted octanol–water partition coefficient (Wildman–Crippen LogP) is 3.88. The van der Waals surface area contributed by atoms with Gasteiger partial charge < -0.3 is 9.64 Å². The Kier molecular flexibility index (Phi) is 5.90. The molecule has 1 aromatic heterocycles. The zero-order valence-electron chi connectivity index (χ0n) is 17.0. The monoisotopic (exact) mass is 394 g/mol. The number of fused-ring (bicyclic) bond motifs is 1. The molecule has 6 heteroatoms. The Bertz CT molecular complexity index is 957. The van der Waals surface area contributed by atoms with Crippen LogP contribution in [0.25, 0.3) is 11.4 Å². The number of hydrogen-bond acceptors (Lipinski definition) is 4. The van der Waals surface area contributed by atoms with Gasteiger partial charge in [-0.05, 0) is 56.0 Å². The topological polar surface area (TPSA) is 43.2 Å². The van der Waals surface area contributed by atoms with Gasteiger partial charge in [0.2, 0.25) is 0 Å². The van der Waals surface area contributed by atoms with Gasteiger partial charge in [0.05, 0.1) is 6.61 Å². The lowest BCUT2D eigenvalue weighted by atomic mass is 9.87. The van der Waals surface area contributed by atoms with Crippen molar-refractivity contribution in [1.29, 1.82) is 0 Å². The highest BCUT2D eigenvalue weighted by Gasteiger charge is 2.22. The first kappa shape index (κ1) is 19.6. The second-order valence-electron chi connectivity index (χ2n) is 7.72. The van der Waals surface area contributed by atoms with Crippen molar-refractivity contribution in [3.05, 3.63) is 65.5 Å². The van der Waals surface area contributed by atoms with Gasteiger partial charge in [0.15, 0.2) is 5.82 Å². The molecule has 0 fully saturated rings. The van der Waals surface area contributed by atoms with Crippen LogP contribution in [0.1, 0.15) is 24.0 Å². The molecule has 152 valence electrons. The average molecular weight is 394 g/mol. The molecule has 1 aliphatic carbocycles. The van der Waals surface area contributed by atoms with Crippen molar-refractivity contribution in [3.8, 4) is 17.4 Å². The summed E-state index contributed by atoms with van der Waals surface area (Å²) >= 11 is 0. The van der Waals surface area contributed by atoms with E-state index < -0.39 is 0 Å². The molecular weight excluding hydrogens is 367 g/mol. The van der Waals surface area contributed by atoms with Crippen LogP contribution in [0.2, 0.25) is 0 Å². The van der Waals surface area contributed by atoms with Crippen LogP contribution >= 0.6 is 0 Å². The van der Waals surface area contributed by atoms with E-state index in [1.807, 2.05) is 48.0 Å². The van der Waals surface area contributed by atoms with Crippen molar-refractivity contribution in [2.75, 3.05) is 20.2 Å². The zero-order chi connectivity index (χ0) is 20.2. The zero-order valence-corrected chi connectivity index (χ0v) is 17.0. The molecule has 4 rings (SSSR count). The molecule has 0 amide bonds. The second kappa shape index (κ2) is 8.74. The molecule has 0 aliphatic heterocycles. The van der Waals surface area contributed by atoms with Crippen molar-refractivity contribution in [1.82, 2.24) is 19.7 Å². The smallest absolute Gasteiger partial charge is 0.316 e. The fourth-order valence-electron chi connectivity index (χ4n) is 4.02. The summed E-state index contributed by atoms with van der Waals surface area (Å²) in [4.78, 5) is 2.39. The van der Waals surface area contributed by atoms with Crippen LogP contribution in [0, 0.1) is 5.82 Å². The molecule has 0 bridgehead atoms. The maximum Gasteiger partial charge on any atom is 0.316 e. The van der Waals surface area contributed by atoms with Gasteiger partial charge in [-0.25, -0.2) is 4.39 Å². The van der Waals surface area contributed by atoms with Gasteiger partial charge in [-0.3, -0.25) is 4.57 Å². The van der Waals surface area contributed by atoms with Crippen LogP contribution in [0.15, 0.2) is 48.5 Å². The summed E-state index contributed by atoms with van der Waals surface area (Å²) in [7, 11) is 4.08.